The number of benzene rings is 1. The van der Waals surface area contributed by atoms with E-state index in [2.05, 4.69) is 47.3 Å². The fourth-order valence-electron chi connectivity index (χ4n) is 1.93. The summed E-state index contributed by atoms with van der Waals surface area (Å²) in [5.74, 6) is 1.37. The van der Waals surface area contributed by atoms with Gasteiger partial charge in [-0.2, -0.15) is 0 Å². The van der Waals surface area contributed by atoms with Crippen LogP contribution in [0.15, 0.2) is 24.5 Å². The number of ether oxygens (including phenoxy) is 1. The van der Waals surface area contributed by atoms with Gasteiger partial charge in [0, 0.05) is 12.6 Å². The molecule has 0 spiro atoms. The van der Waals surface area contributed by atoms with E-state index in [0.29, 0.717) is 11.6 Å². The molecular weight excluding hydrogens is 226 g/mol. The first-order valence-corrected chi connectivity index (χ1v) is 5.81. The second kappa shape index (κ2) is 5.04. The molecule has 1 N–H and O–H groups in total. The summed E-state index contributed by atoms with van der Waals surface area (Å²) in [7, 11) is 3.45. The Morgan fingerprint density at radius 1 is 1.17 bits per heavy atom. The van der Waals surface area contributed by atoms with Crippen LogP contribution in [0, 0.1) is 13.8 Å². The summed E-state index contributed by atoms with van der Waals surface area (Å²) >= 11 is 0. The zero-order chi connectivity index (χ0) is 13.1. The van der Waals surface area contributed by atoms with Crippen molar-refractivity contribution in [1.82, 2.24) is 9.97 Å². The van der Waals surface area contributed by atoms with E-state index in [4.69, 9.17) is 4.74 Å². The zero-order valence-corrected chi connectivity index (χ0v) is 11.1. The van der Waals surface area contributed by atoms with Crippen molar-refractivity contribution in [2.24, 2.45) is 0 Å². The van der Waals surface area contributed by atoms with E-state index < -0.39 is 0 Å². The quantitative estimate of drug-likeness (QED) is 0.900. The maximum Gasteiger partial charge on any atom is 0.187 e. The SMILES string of the molecule is CNc1ncnc(-c2cc(C)ccc2C)c1OC. The van der Waals surface area contributed by atoms with Crippen molar-refractivity contribution in [3.8, 4) is 17.0 Å². The van der Waals surface area contributed by atoms with Crippen molar-refractivity contribution in [2.75, 3.05) is 19.5 Å². The summed E-state index contributed by atoms with van der Waals surface area (Å²) in [6.45, 7) is 4.13. The fourth-order valence-corrected chi connectivity index (χ4v) is 1.93. The van der Waals surface area contributed by atoms with Crippen LogP contribution in [0.4, 0.5) is 5.82 Å². The van der Waals surface area contributed by atoms with Crippen molar-refractivity contribution < 1.29 is 4.74 Å². The van der Waals surface area contributed by atoms with Crippen LogP contribution in [0.25, 0.3) is 11.3 Å². The molecule has 1 aromatic heterocycles. The topological polar surface area (TPSA) is 47.0 Å². The van der Waals surface area contributed by atoms with E-state index in [1.807, 2.05) is 7.05 Å². The van der Waals surface area contributed by atoms with Crippen LogP contribution in [0.1, 0.15) is 11.1 Å². The molecule has 2 rings (SSSR count). The molecule has 2 aromatic rings. The molecule has 4 heteroatoms. The summed E-state index contributed by atoms with van der Waals surface area (Å²) in [5.41, 5.74) is 4.26. The van der Waals surface area contributed by atoms with E-state index in [0.717, 1.165) is 11.3 Å². The third kappa shape index (κ3) is 2.14. The molecule has 0 saturated carbocycles. The van der Waals surface area contributed by atoms with Gasteiger partial charge in [0.1, 0.15) is 12.0 Å². The predicted octanol–water partition coefficient (Wildman–Crippen LogP) is 2.81. The first-order chi connectivity index (χ1) is 8.67. The highest BCUT2D eigenvalue weighted by Crippen LogP contribution is 2.34. The second-order valence-corrected chi connectivity index (χ2v) is 4.17. The Bertz CT molecular complexity index is 567. The lowest BCUT2D eigenvalue weighted by Gasteiger charge is -2.13. The summed E-state index contributed by atoms with van der Waals surface area (Å²) in [6.07, 6.45) is 1.55. The molecule has 4 nitrogen and oxygen atoms in total. The molecule has 0 aliphatic carbocycles. The van der Waals surface area contributed by atoms with E-state index in [9.17, 15) is 0 Å². The first-order valence-electron chi connectivity index (χ1n) is 5.81. The van der Waals surface area contributed by atoms with Crippen molar-refractivity contribution >= 4 is 5.82 Å². The molecule has 0 bridgehead atoms. The van der Waals surface area contributed by atoms with Gasteiger partial charge >= 0.3 is 0 Å². The van der Waals surface area contributed by atoms with Crippen LogP contribution in [-0.2, 0) is 0 Å². The molecule has 0 saturated heterocycles. The van der Waals surface area contributed by atoms with Crippen LogP contribution in [0.2, 0.25) is 0 Å². The van der Waals surface area contributed by atoms with Gasteiger partial charge in [0.25, 0.3) is 0 Å². The summed E-state index contributed by atoms with van der Waals surface area (Å²) in [4.78, 5) is 8.51. The van der Waals surface area contributed by atoms with E-state index in [-0.39, 0.29) is 0 Å². The van der Waals surface area contributed by atoms with Crippen molar-refractivity contribution in [2.45, 2.75) is 13.8 Å². The van der Waals surface area contributed by atoms with Crippen LogP contribution < -0.4 is 10.1 Å². The lowest BCUT2D eigenvalue weighted by Crippen LogP contribution is -2.01. The van der Waals surface area contributed by atoms with Gasteiger partial charge in [0.15, 0.2) is 11.6 Å². The van der Waals surface area contributed by atoms with Crippen molar-refractivity contribution in [1.29, 1.82) is 0 Å². The minimum absolute atomic E-state index is 0.675. The lowest BCUT2D eigenvalue weighted by atomic mass is 10.0. The number of rotatable bonds is 3. The molecule has 0 radical (unpaired) electrons. The Balaban J connectivity index is 2.66. The molecule has 0 aliphatic heterocycles. The fraction of sp³-hybridized carbons (Fsp3) is 0.286. The van der Waals surface area contributed by atoms with Crippen LogP contribution in [0.3, 0.4) is 0 Å². The Kier molecular flexibility index (Phi) is 3.46. The number of aryl methyl sites for hydroxylation is 2. The molecule has 1 heterocycles. The normalized spacial score (nSPS) is 10.2. The van der Waals surface area contributed by atoms with Gasteiger partial charge < -0.3 is 10.1 Å². The number of nitrogens with one attached hydrogen (secondary N) is 1. The van der Waals surface area contributed by atoms with E-state index >= 15 is 0 Å². The average Bonchev–Trinajstić information content (AvgIpc) is 2.40. The van der Waals surface area contributed by atoms with Crippen molar-refractivity contribution in [3.63, 3.8) is 0 Å². The summed E-state index contributed by atoms with van der Waals surface area (Å²) < 4.78 is 5.43. The highest BCUT2D eigenvalue weighted by atomic mass is 16.5. The average molecular weight is 243 g/mol. The number of nitrogens with zero attached hydrogens (tertiary/aromatic N) is 2. The number of hydrogen-bond acceptors (Lipinski definition) is 4. The summed E-state index contributed by atoms with van der Waals surface area (Å²) in [5, 5.41) is 3.01. The Labute approximate surface area is 107 Å². The zero-order valence-electron chi connectivity index (χ0n) is 11.1. The maximum absolute atomic E-state index is 5.43. The van der Waals surface area contributed by atoms with Gasteiger partial charge in [-0.05, 0) is 25.5 Å². The molecule has 0 amide bonds. The number of methoxy groups -OCH3 is 1. The smallest absolute Gasteiger partial charge is 0.187 e. The third-order valence-electron chi connectivity index (χ3n) is 2.89. The largest absolute Gasteiger partial charge is 0.491 e. The third-order valence-corrected chi connectivity index (χ3v) is 2.89. The van der Waals surface area contributed by atoms with E-state index in [1.54, 1.807) is 13.4 Å². The summed E-state index contributed by atoms with van der Waals surface area (Å²) in [6, 6.07) is 6.29. The van der Waals surface area contributed by atoms with Gasteiger partial charge in [-0.3, -0.25) is 0 Å². The number of aromatic nitrogens is 2. The number of hydrogen-bond donors (Lipinski definition) is 1. The first kappa shape index (κ1) is 12.4. The second-order valence-electron chi connectivity index (χ2n) is 4.17. The van der Waals surface area contributed by atoms with E-state index in [1.165, 1.54) is 11.1 Å². The van der Waals surface area contributed by atoms with Gasteiger partial charge in [-0.1, -0.05) is 17.7 Å². The van der Waals surface area contributed by atoms with Gasteiger partial charge in [-0.25, -0.2) is 9.97 Å². The molecular formula is C14H17N3O. The Morgan fingerprint density at radius 2 is 1.94 bits per heavy atom. The maximum atomic E-state index is 5.43. The van der Waals surface area contributed by atoms with Crippen LogP contribution in [0.5, 0.6) is 5.75 Å². The molecule has 1 aromatic carbocycles. The molecule has 0 atom stereocenters. The molecule has 0 aliphatic rings. The Hall–Kier alpha value is -2.10. The molecule has 94 valence electrons. The van der Waals surface area contributed by atoms with Gasteiger partial charge in [-0.15, -0.1) is 0 Å². The highest BCUT2D eigenvalue weighted by molar-refractivity contribution is 5.75. The highest BCUT2D eigenvalue weighted by Gasteiger charge is 2.14. The van der Waals surface area contributed by atoms with Gasteiger partial charge in [0.2, 0.25) is 0 Å². The molecule has 18 heavy (non-hydrogen) atoms. The standard InChI is InChI=1S/C14H17N3O/c1-9-5-6-10(2)11(7-9)12-13(18-4)14(15-3)17-8-16-12/h5-8H,1-4H3,(H,15,16,17). The van der Waals surface area contributed by atoms with Crippen LogP contribution in [-0.4, -0.2) is 24.1 Å². The predicted molar refractivity (Wildman–Crippen MR) is 73.0 cm³/mol. The van der Waals surface area contributed by atoms with Crippen LogP contribution >= 0.6 is 0 Å². The minimum atomic E-state index is 0.675. The lowest BCUT2D eigenvalue weighted by molar-refractivity contribution is 0.415. The van der Waals surface area contributed by atoms with Gasteiger partial charge in [0.05, 0.1) is 7.11 Å². The molecule has 0 unspecified atom stereocenters. The Morgan fingerprint density at radius 3 is 2.61 bits per heavy atom. The number of anilines is 1. The van der Waals surface area contributed by atoms with Crippen molar-refractivity contribution in [3.05, 3.63) is 35.7 Å². The monoisotopic (exact) mass is 243 g/mol. The minimum Gasteiger partial charge on any atom is -0.491 e. The molecule has 0 fully saturated rings.